The monoisotopic (exact) mass is 430 g/mol. The summed E-state index contributed by atoms with van der Waals surface area (Å²) in [5.74, 6) is 0.0500. The molecule has 2 aliphatic rings. The van der Waals surface area contributed by atoms with Gasteiger partial charge in [-0.05, 0) is 49.5 Å². The van der Waals surface area contributed by atoms with Crippen molar-refractivity contribution in [1.29, 1.82) is 0 Å². The van der Waals surface area contributed by atoms with Gasteiger partial charge in [0.25, 0.3) is 0 Å². The number of para-hydroxylation sites is 1. The largest absolute Gasteiger partial charge is 0.449 e. The Morgan fingerprint density at radius 1 is 1.19 bits per heavy atom. The normalized spacial score (nSPS) is 19.3. The summed E-state index contributed by atoms with van der Waals surface area (Å²) in [5.41, 5.74) is 6.47. The quantitative estimate of drug-likeness (QED) is 0.575. The number of benzene rings is 2. The highest BCUT2D eigenvalue weighted by Gasteiger charge is 2.33. The number of carbonyl (C=O) groups is 2. The van der Waals surface area contributed by atoms with Crippen LogP contribution in [0.2, 0.25) is 0 Å². The number of nitrogens with zero attached hydrogens (tertiary/aromatic N) is 2. The molecule has 6 heteroatoms. The van der Waals surface area contributed by atoms with E-state index < -0.39 is 0 Å². The Kier molecular flexibility index (Phi) is 5.21. The fourth-order valence-corrected chi connectivity index (χ4v) is 4.81. The predicted octanol–water partition coefficient (Wildman–Crippen LogP) is 5.17. The number of fused-ring (bicyclic) bond motifs is 3. The molecule has 1 aliphatic carbocycles. The fourth-order valence-electron chi connectivity index (χ4n) is 4.81. The van der Waals surface area contributed by atoms with Crippen molar-refractivity contribution in [3.63, 3.8) is 0 Å². The van der Waals surface area contributed by atoms with Gasteiger partial charge in [0.15, 0.2) is 0 Å². The Hall–Kier alpha value is -3.54. The van der Waals surface area contributed by atoms with Crippen LogP contribution in [0.15, 0.2) is 60.3 Å². The molecule has 2 aromatic carbocycles. The van der Waals surface area contributed by atoms with E-state index in [1.165, 1.54) is 11.1 Å². The van der Waals surface area contributed by atoms with Crippen LogP contribution in [0.4, 0.5) is 9.59 Å². The number of ether oxygens (including phenoxy) is 2. The summed E-state index contributed by atoms with van der Waals surface area (Å²) in [6, 6.07) is 16.4. The molecule has 3 aromatic rings. The van der Waals surface area contributed by atoms with Crippen LogP contribution in [0.3, 0.4) is 0 Å². The number of aryl methyl sites for hydroxylation is 1. The van der Waals surface area contributed by atoms with E-state index in [-0.39, 0.29) is 18.1 Å². The van der Waals surface area contributed by atoms with Crippen LogP contribution < -0.4 is 0 Å². The number of cyclic esters (lactones) is 1. The minimum atomic E-state index is -0.344. The van der Waals surface area contributed by atoms with Gasteiger partial charge < -0.3 is 9.47 Å². The first-order valence-corrected chi connectivity index (χ1v) is 11.1. The van der Waals surface area contributed by atoms with Gasteiger partial charge in [-0.25, -0.2) is 14.2 Å². The lowest BCUT2D eigenvalue weighted by Crippen LogP contribution is -2.25. The van der Waals surface area contributed by atoms with E-state index in [0.29, 0.717) is 32.6 Å². The van der Waals surface area contributed by atoms with Crippen molar-refractivity contribution in [3.8, 4) is 0 Å². The van der Waals surface area contributed by atoms with Crippen molar-refractivity contribution in [2.24, 2.45) is 0 Å². The summed E-state index contributed by atoms with van der Waals surface area (Å²) in [6.45, 7) is 5.18. The molecule has 1 saturated heterocycles. The predicted molar refractivity (Wildman–Crippen MR) is 122 cm³/mol. The van der Waals surface area contributed by atoms with Crippen molar-refractivity contribution in [1.82, 2.24) is 9.47 Å². The van der Waals surface area contributed by atoms with E-state index in [2.05, 4.69) is 37.3 Å². The van der Waals surface area contributed by atoms with Crippen molar-refractivity contribution < 1.29 is 19.1 Å². The highest BCUT2D eigenvalue weighted by Crippen LogP contribution is 2.41. The second kappa shape index (κ2) is 8.19. The van der Waals surface area contributed by atoms with E-state index in [1.807, 2.05) is 31.3 Å². The van der Waals surface area contributed by atoms with Gasteiger partial charge >= 0.3 is 12.2 Å². The first-order valence-electron chi connectivity index (χ1n) is 11.1. The zero-order valence-corrected chi connectivity index (χ0v) is 18.3. The number of allylic oxidation sites excluding steroid dienone is 1. The molecule has 0 N–H and O–H groups in total. The summed E-state index contributed by atoms with van der Waals surface area (Å²) >= 11 is 0. The van der Waals surface area contributed by atoms with Crippen LogP contribution in [0.25, 0.3) is 10.9 Å². The van der Waals surface area contributed by atoms with E-state index in [1.54, 1.807) is 9.47 Å². The van der Waals surface area contributed by atoms with Crippen LogP contribution in [-0.2, 0) is 22.3 Å². The van der Waals surface area contributed by atoms with Crippen LogP contribution in [0.1, 0.15) is 35.2 Å². The first-order chi connectivity index (χ1) is 15.6. The Morgan fingerprint density at radius 2 is 1.97 bits per heavy atom. The molecule has 1 aliphatic heterocycles. The van der Waals surface area contributed by atoms with E-state index >= 15 is 0 Å². The van der Waals surface area contributed by atoms with Gasteiger partial charge in [0, 0.05) is 23.2 Å². The van der Waals surface area contributed by atoms with Crippen molar-refractivity contribution in [2.45, 2.75) is 32.6 Å². The summed E-state index contributed by atoms with van der Waals surface area (Å²) in [4.78, 5) is 26.8. The molecule has 0 radical (unpaired) electrons. The number of aromatic nitrogens is 1. The van der Waals surface area contributed by atoms with Crippen LogP contribution in [0, 0.1) is 6.92 Å². The number of hydrogen-bond donors (Lipinski definition) is 0. The molecule has 6 nitrogen and oxygen atoms in total. The molecule has 1 atom stereocenters. The molecule has 1 aromatic heterocycles. The van der Waals surface area contributed by atoms with Gasteiger partial charge in [0.1, 0.15) is 6.61 Å². The number of hydrogen-bond acceptors (Lipinski definition) is 4. The molecular weight excluding hydrogens is 404 g/mol. The maximum Gasteiger partial charge on any atom is 0.418 e. The van der Waals surface area contributed by atoms with Crippen LogP contribution in [0.5, 0.6) is 0 Å². The summed E-state index contributed by atoms with van der Waals surface area (Å²) in [5, 5.41) is 1.05. The molecule has 2 heterocycles. The van der Waals surface area contributed by atoms with E-state index in [4.69, 9.17) is 9.47 Å². The second-order valence-electron chi connectivity index (χ2n) is 8.33. The lowest BCUT2D eigenvalue weighted by Gasteiger charge is -2.28. The number of amides is 1. The minimum Gasteiger partial charge on any atom is -0.449 e. The van der Waals surface area contributed by atoms with Gasteiger partial charge in [-0.15, -0.1) is 0 Å². The molecule has 0 saturated carbocycles. The van der Waals surface area contributed by atoms with Crippen molar-refractivity contribution in [3.05, 3.63) is 82.7 Å². The zero-order chi connectivity index (χ0) is 22.2. The average molecular weight is 431 g/mol. The van der Waals surface area contributed by atoms with Crippen LogP contribution >= 0.6 is 0 Å². The van der Waals surface area contributed by atoms with E-state index in [0.717, 1.165) is 27.7 Å². The molecule has 1 unspecified atom stereocenters. The van der Waals surface area contributed by atoms with Gasteiger partial charge in [-0.3, -0.25) is 4.90 Å². The lowest BCUT2D eigenvalue weighted by molar-refractivity contribution is 0.154. The van der Waals surface area contributed by atoms with Gasteiger partial charge in [0.05, 0.1) is 18.7 Å². The topological polar surface area (TPSA) is 60.8 Å². The maximum atomic E-state index is 12.9. The third kappa shape index (κ3) is 3.45. The number of rotatable bonds is 3. The molecule has 164 valence electrons. The van der Waals surface area contributed by atoms with E-state index in [9.17, 15) is 9.59 Å². The molecule has 5 rings (SSSR count). The molecular formula is C26H26N2O4. The first kappa shape index (κ1) is 20.4. The Balaban J connectivity index is 1.67. The Bertz CT molecular complexity index is 1220. The van der Waals surface area contributed by atoms with Gasteiger partial charge in [0.2, 0.25) is 0 Å². The highest BCUT2D eigenvalue weighted by molar-refractivity contribution is 5.94. The summed E-state index contributed by atoms with van der Waals surface area (Å²) in [6.07, 6.45) is 2.62. The lowest BCUT2D eigenvalue weighted by atomic mass is 9.78. The molecule has 0 spiro atoms. The summed E-state index contributed by atoms with van der Waals surface area (Å²) < 4.78 is 12.3. The maximum absolute atomic E-state index is 12.9. The summed E-state index contributed by atoms with van der Waals surface area (Å²) in [7, 11) is 0. The second-order valence-corrected chi connectivity index (χ2v) is 8.33. The fraction of sp³-hybridized carbons (Fsp3) is 0.308. The smallest absolute Gasteiger partial charge is 0.418 e. The number of carbonyl (C=O) groups excluding carboxylic acids is 2. The Labute approximate surface area is 187 Å². The highest BCUT2D eigenvalue weighted by atomic mass is 16.6. The third-order valence-corrected chi connectivity index (χ3v) is 6.36. The van der Waals surface area contributed by atoms with Crippen LogP contribution in [-0.4, -0.2) is 41.4 Å². The SMILES string of the molecule is CCOC(=O)n1c2c(c3ccccc31)C/C(=C\N1CCOC1=O)C(c1ccc(C)cc1)C2. The van der Waals surface area contributed by atoms with Crippen molar-refractivity contribution in [2.75, 3.05) is 19.8 Å². The third-order valence-electron chi connectivity index (χ3n) is 6.36. The average Bonchev–Trinajstić information content (AvgIpc) is 3.34. The zero-order valence-electron chi connectivity index (χ0n) is 18.3. The van der Waals surface area contributed by atoms with Gasteiger partial charge in [-0.1, -0.05) is 48.0 Å². The Morgan fingerprint density at radius 3 is 2.69 bits per heavy atom. The molecule has 0 bridgehead atoms. The minimum absolute atomic E-state index is 0.0500. The standard InChI is InChI=1S/C26H26N2O4/c1-3-31-26(30)28-23-7-5-4-6-20(23)22-14-19(16-27-12-13-32-25(27)29)21(15-24(22)28)18-10-8-17(2)9-11-18/h4-11,16,21H,3,12-15H2,1-2H3/b19-16+. The molecule has 1 fully saturated rings. The van der Waals surface area contributed by atoms with Gasteiger partial charge in [-0.2, -0.15) is 0 Å². The van der Waals surface area contributed by atoms with Crippen molar-refractivity contribution >= 4 is 23.1 Å². The molecule has 1 amide bonds. The molecule has 32 heavy (non-hydrogen) atoms.